The first-order valence-corrected chi connectivity index (χ1v) is 7.60. The minimum Gasteiger partial charge on any atom is -0.388 e. The number of hydrogen-bond donors (Lipinski definition) is 1. The predicted molar refractivity (Wildman–Crippen MR) is 83.0 cm³/mol. The molecule has 0 aliphatic carbocycles. The molecule has 19 heavy (non-hydrogen) atoms. The van der Waals surface area contributed by atoms with Crippen LogP contribution in [0.1, 0.15) is 29.9 Å². The normalized spacial score (nSPS) is 12.4. The van der Waals surface area contributed by atoms with Crippen LogP contribution in [0.5, 0.6) is 0 Å². The first-order chi connectivity index (χ1) is 9.20. The topological polar surface area (TPSA) is 23.5 Å². The Morgan fingerprint density at radius 3 is 2.53 bits per heavy atom. The Morgan fingerprint density at radius 1 is 1.21 bits per heavy atom. The standard InChI is InChI=1S/C16H21NOS/c1-3-16(18)13-6-8-14(9-7-13)17(2)11-10-15-5-4-12-19-15/h4-9,12,16,18H,3,10-11H2,1-2H3. The molecule has 1 aromatic heterocycles. The summed E-state index contributed by atoms with van der Waals surface area (Å²) in [6.07, 6.45) is 1.49. The third-order valence-corrected chi connectivity index (χ3v) is 4.32. The molecule has 0 fully saturated rings. The summed E-state index contributed by atoms with van der Waals surface area (Å²) in [5.74, 6) is 0. The number of aliphatic hydroxyl groups excluding tert-OH is 1. The van der Waals surface area contributed by atoms with E-state index in [0.717, 1.165) is 24.9 Å². The van der Waals surface area contributed by atoms with E-state index in [9.17, 15) is 5.11 Å². The second kappa shape index (κ2) is 6.73. The van der Waals surface area contributed by atoms with E-state index >= 15 is 0 Å². The first-order valence-electron chi connectivity index (χ1n) is 6.72. The third-order valence-electron chi connectivity index (χ3n) is 3.38. The molecule has 1 heterocycles. The van der Waals surface area contributed by atoms with Gasteiger partial charge in [0.15, 0.2) is 0 Å². The minimum absolute atomic E-state index is 0.342. The number of thiophene rings is 1. The fourth-order valence-electron chi connectivity index (χ4n) is 2.05. The van der Waals surface area contributed by atoms with Gasteiger partial charge >= 0.3 is 0 Å². The lowest BCUT2D eigenvalue weighted by atomic mass is 10.1. The molecule has 0 saturated carbocycles. The van der Waals surface area contributed by atoms with Crippen molar-refractivity contribution in [2.45, 2.75) is 25.9 Å². The van der Waals surface area contributed by atoms with Crippen molar-refractivity contribution in [2.75, 3.05) is 18.5 Å². The molecule has 0 saturated heterocycles. The largest absolute Gasteiger partial charge is 0.388 e. The van der Waals surface area contributed by atoms with Gasteiger partial charge in [-0.25, -0.2) is 0 Å². The summed E-state index contributed by atoms with van der Waals surface area (Å²) in [7, 11) is 2.11. The number of rotatable bonds is 6. The highest BCUT2D eigenvalue weighted by atomic mass is 32.1. The van der Waals surface area contributed by atoms with Crippen molar-refractivity contribution in [3.63, 3.8) is 0 Å². The van der Waals surface area contributed by atoms with Crippen molar-refractivity contribution in [3.8, 4) is 0 Å². The molecule has 0 aliphatic rings. The van der Waals surface area contributed by atoms with Crippen molar-refractivity contribution in [1.82, 2.24) is 0 Å². The fraction of sp³-hybridized carbons (Fsp3) is 0.375. The van der Waals surface area contributed by atoms with Crippen LogP contribution in [0.15, 0.2) is 41.8 Å². The Labute approximate surface area is 119 Å². The first kappa shape index (κ1) is 14.1. The second-order valence-electron chi connectivity index (χ2n) is 4.77. The highest BCUT2D eigenvalue weighted by Gasteiger charge is 2.06. The van der Waals surface area contributed by atoms with Crippen LogP contribution in [0.25, 0.3) is 0 Å². The Kier molecular flexibility index (Phi) is 5.00. The molecule has 0 amide bonds. The van der Waals surface area contributed by atoms with Crippen LogP contribution < -0.4 is 4.90 Å². The van der Waals surface area contributed by atoms with Crippen molar-refractivity contribution in [3.05, 3.63) is 52.2 Å². The Hall–Kier alpha value is -1.32. The smallest absolute Gasteiger partial charge is 0.0787 e. The van der Waals surface area contributed by atoms with Gasteiger partial charge in [0, 0.05) is 24.2 Å². The van der Waals surface area contributed by atoms with Crippen LogP contribution >= 0.6 is 11.3 Å². The maximum absolute atomic E-state index is 9.77. The van der Waals surface area contributed by atoms with E-state index in [1.54, 1.807) is 0 Å². The molecule has 1 atom stereocenters. The van der Waals surface area contributed by atoms with Gasteiger partial charge in [0.25, 0.3) is 0 Å². The minimum atomic E-state index is -0.342. The van der Waals surface area contributed by atoms with E-state index in [-0.39, 0.29) is 6.10 Å². The molecular formula is C16H21NOS. The number of aliphatic hydroxyl groups is 1. The number of benzene rings is 1. The SMILES string of the molecule is CCC(O)c1ccc(N(C)CCc2cccs2)cc1. The van der Waals surface area contributed by atoms with Crippen LogP contribution in [0.3, 0.4) is 0 Å². The van der Waals surface area contributed by atoms with Crippen LogP contribution in [0.2, 0.25) is 0 Å². The molecular weight excluding hydrogens is 254 g/mol. The summed E-state index contributed by atoms with van der Waals surface area (Å²) in [4.78, 5) is 3.67. The summed E-state index contributed by atoms with van der Waals surface area (Å²) < 4.78 is 0. The summed E-state index contributed by atoms with van der Waals surface area (Å²) in [5.41, 5.74) is 2.20. The lowest BCUT2D eigenvalue weighted by Crippen LogP contribution is -2.19. The van der Waals surface area contributed by atoms with Gasteiger partial charge in [0.2, 0.25) is 0 Å². The quantitative estimate of drug-likeness (QED) is 0.865. The average Bonchev–Trinajstić information content (AvgIpc) is 2.97. The maximum atomic E-state index is 9.77. The zero-order valence-corrected chi connectivity index (χ0v) is 12.4. The van der Waals surface area contributed by atoms with Gasteiger partial charge < -0.3 is 10.0 Å². The van der Waals surface area contributed by atoms with E-state index < -0.39 is 0 Å². The van der Waals surface area contributed by atoms with E-state index in [4.69, 9.17) is 0 Å². The monoisotopic (exact) mass is 275 g/mol. The zero-order chi connectivity index (χ0) is 13.7. The number of hydrogen-bond acceptors (Lipinski definition) is 3. The molecule has 2 aromatic rings. The van der Waals surface area contributed by atoms with Gasteiger partial charge in [-0.05, 0) is 42.0 Å². The summed E-state index contributed by atoms with van der Waals surface area (Å²) in [5, 5.41) is 11.9. The maximum Gasteiger partial charge on any atom is 0.0787 e. The molecule has 102 valence electrons. The molecule has 1 aromatic carbocycles. The third kappa shape index (κ3) is 3.82. The average molecular weight is 275 g/mol. The van der Waals surface area contributed by atoms with Crippen molar-refractivity contribution in [1.29, 1.82) is 0 Å². The number of anilines is 1. The molecule has 0 spiro atoms. The molecule has 1 unspecified atom stereocenters. The van der Waals surface area contributed by atoms with Gasteiger partial charge in [0.1, 0.15) is 0 Å². The van der Waals surface area contributed by atoms with Crippen LogP contribution in [-0.4, -0.2) is 18.7 Å². The molecule has 1 N–H and O–H groups in total. The lowest BCUT2D eigenvalue weighted by Gasteiger charge is -2.19. The Morgan fingerprint density at radius 2 is 1.95 bits per heavy atom. The fourth-order valence-corrected chi connectivity index (χ4v) is 2.75. The van der Waals surface area contributed by atoms with Crippen LogP contribution in [0, 0.1) is 0 Å². The van der Waals surface area contributed by atoms with E-state index in [1.807, 2.05) is 30.4 Å². The van der Waals surface area contributed by atoms with E-state index in [1.165, 1.54) is 10.6 Å². The molecule has 3 heteroatoms. The predicted octanol–water partition coefficient (Wildman–Crippen LogP) is 3.87. The van der Waals surface area contributed by atoms with Gasteiger partial charge in [-0.1, -0.05) is 25.1 Å². The van der Waals surface area contributed by atoms with E-state index in [2.05, 4.69) is 41.6 Å². The van der Waals surface area contributed by atoms with Crippen LogP contribution in [-0.2, 0) is 6.42 Å². The summed E-state index contributed by atoms with van der Waals surface area (Å²) >= 11 is 1.81. The molecule has 0 aliphatic heterocycles. The van der Waals surface area contributed by atoms with Gasteiger partial charge in [0.05, 0.1) is 6.10 Å². The van der Waals surface area contributed by atoms with Crippen molar-refractivity contribution >= 4 is 17.0 Å². The van der Waals surface area contributed by atoms with Crippen molar-refractivity contribution in [2.24, 2.45) is 0 Å². The van der Waals surface area contributed by atoms with E-state index in [0.29, 0.717) is 0 Å². The highest BCUT2D eigenvalue weighted by molar-refractivity contribution is 7.09. The summed E-state index contributed by atoms with van der Waals surface area (Å²) in [6, 6.07) is 12.5. The Balaban J connectivity index is 1.93. The molecule has 0 radical (unpaired) electrons. The zero-order valence-electron chi connectivity index (χ0n) is 11.5. The molecule has 2 rings (SSSR count). The number of likely N-dealkylation sites (N-methyl/N-ethyl adjacent to an activating group) is 1. The summed E-state index contributed by atoms with van der Waals surface area (Å²) in [6.45, 7) is 3.00. The van der Waals surface area contributed by atoms with Crippen LogP contribution in [0.4, 0.5) is 5.69 Å². The highest BCUT2D eigenvalue weighted by Crippen LogP contribution is 2.21. The Bertz CT molecular complexity index is 478. The second-order valence-corrected chi connectivity index (χ2v) is 5.80. The number of nitrogens with zero attached hydrogens (tertiary/aromatic N) is 1. The van der Waals surface area contributed by atoms with Gasteiger partial charge in [-0.3, -0.25) is 0 Å². The van der Waals surface area contributed by atoms with Gasteiger partial charge in [-0.2, -0.15) is 0 Å². The van der Waals surface area contributed by atoms with Crippen molar-refractivity contribution < 1.29 is 5.11 Å². The molecule has 0 bridgehead atoms. The van der Waals surface area contributed by atoms with Gasteiger partial charge in [-0.15, -0.1) is 11.3 Å². The lowest BCUT2D eigenvalue weighted by molar-refractivity contribution is 0.173. The molecule has 2 nitrogen and oxygen atoms in total.